The van der Waals surface area contributed by atoms with Crippen LogP contribution in [0.2, 0.25) is 5.02 Å². The highest BCUT2D eigenvalue weighted by molar-refractivity contribution is 6.34. The minimum Gasteiger partial charge on any atom is -0.508 e. The standard InChI is InChI=1S/C15H13ClN2O2/c1-10(13-4-2-3-5-14(13)16)17-18-15(20)11-6-8-12(19)9-7-11/h2-9,19H,1H3,(H,18,20). The van der Waals surface area contributed by atoms with Crippen LogP contribution in [0.3, 0.4) is 0 Å². The number of nitrogens with one attached hydrogen (secondary N) is 1. The second-order valence-corrected chi connectivity index (χ2v) is 4.57. The number of hydrogen-bond acceptors (Lipinski definition) is 3. The Morgan fingerprint density at radius 2 is 1.80 bits per heavy atom. The molecular formula is C15H13ClN2O2. The molecule has 0 atom stereocenters. The Labute approximate surface area is 121 Å². The van der Waals surface area contributed by atoms with Gasteiger partial charge in [0.1, 0.15) is 5.75 Å². The van der Waals surface area contributed by atoms with E-state index in [1.165, 1.54) is 24.3 Å². The number of phenolic OH excluding ortho intramolecular Hbond substituents is 1. The van der Waals surface area contributed by atoms with Crippen molar-refractivity contribution in [1.82, 2.24) is 5.43 Å². The summed E-state index contributed by atoms with van der Waals surface area (Å²) in [5.74, 6) is -0.242. The summed E-state index contributed by atoms with van der Waals surface area (Å²) in [6, 6.07) is 13.2. The highest BCUT2D eigenvalue weighted by atomic mass is 35.5. The molecule has 4 nitrogen and oxygen atoms in total. The zero-order valence-corrected chi connectivity index (χ0v) is 11.6. The molecule has 0 aliphatic rings. The predicted octanol–water partition coefficient (Wildman–Crippen LogP) is 3.20. The van der Waals surface area contributed by atoms with E-state index in [4.69, 9.17) is 16.7 Å². The number of aromatic hydroxyl groups is 1. The number of rotatable bonds is 3. The quantitative estimate of drug-likeness (QED) is 0.673. The van der Waals surface area contributed by atoms with Crippen LogP contribution in [0.15, 0.2) is 53.6 Å². The van der Waals surface area contributed by atoms with Gasteiger partial charge in [-0.2, -0.15) is 5.10 Å². The minimum atomic E-state index is -0.351. The Morgan fingerprint density at radius 1 is 1.15 bits per heavy atom. The molecule has 0 aromatic heterocycles. The van der Waals surface area contributed by atoms with E-state index < -0.39 is 0 Å². The number of phenols is 1. The van der Waals surface area contributed by atoms with Crippen molar-refractivity contribution in [2.45, 2.75) is 6.92 Å². The van der Waals surface area contributed by atoms with Gasteiger partial charge in [0.05, 0.1) is 5.71 Å². The lowest BCUT2D eigenvalue weighted by molar-refractivity contribution is 0.0955. The van der Waals surface area contributed by atoms with Gasteiger partial charge in [0.25, 0.3) is 5.91 Å². The van der Waals surface area contributed by atoms with Crippen molar-refractivity contribution >= 4 is 23.2 Å². The number of halogens is 1. The second-order valence-electron chi connectivity index (χ2n) is 4.16. The fourth-order valence-electron chi connectivity index (χ4n) is 1.63. The Hall–Kier alpha value is -2.33. The van der Waals surface area contributed by atoms with Gasteiger partial charge >= 0.3 is 0 Å². The first kappa shape index (κ1) is 14.1. The fraction of sp³-hybridized carbons (Fsp3) is 0.0667. The van der Waals surface area contributed by atoms with Gasteiger partial charge in [-0.1, -0.05) is 29.8 Å². The van der Waals surface area contributed by atoms with Crippen LogP contribution in [-0.2, 0) is 0 Å². The van der Waals surface area contributed by atoms with Crippen LogP contribution in [-0.4, -0.2) is 16.7 Å². The molecule has 0 saturated heterocycles. The van der Waals surface area contributed by atoms with E-state index in [-0.39, 0.29) is 11.7 Å². The van der Waals surface area contributed by atoms with Crippen LogP contribution in [0.25, 0.3) is 0 Å². The van der Waals surface area contributed by atoms with E-state index in [1.807, 2.05) is 18.2 Å². The molecule has 0 saturated carbocycles. The Kier molecular flexibility index (Phi) is 4.38. The molecule has 1 amide bonds. The van der Waals surface area contributed by atoms with Crippen molar-refractivity contribution in [3.8, 4) is 5.75 Å². The van der Waals surface area contributed by atoms with Gasteiger partial charge in [-0.05, 0) is 37.3 Å². The number of carbonyl (C=O) groups is 1. The number of carbonyl (C=O) groups excluding carboxylic acids is 1. The van der Waals surface area contributed by atoms with E-state index >= 15 is 0 Å². The average molecular weight is 289 g/mol. The third-order valence-electron chi connectivity index (χ3n) is 2.72. The summed E-state index contributed by atoms with van der Waals surface area (Å²) in [6.45, 7) is 1.76. The van der Waals surface area contributed by atoms with Gasteiger partial charge in [-0.25, -0.2) is 5.43 Å². The zero-order valence-electron chi connectivity index (χ0n) is 10.8. The summed E-state index contributed by atoms with van der Waals surface area (Å²) < 4.78 is 0. The smallest absolute Gasteiger partial charge is 0.271 e. The molecular weight excluding hydrogens is 276 g/mol. The van der Waals surface area contributed by atoms with Crippen LogP contribution in [0.4, 0.5) is 0 Å². The third kappa shape index (κ3) is 3.36. The molecule has 2 aromatic rings. The number of benzene rings is 2. The lowest BCUT2D eigenvalue weighted by atomic mass is 10.1. The van der Waals surface area contributed by atoms with Gasteiger partial charge in [-0.3, -0.25) is 4.79 Å². The van der Waals surface area contributed by atoms with Gasteiger partial charge in [0.15, 0.2) is 0 Å². The number of nitrogens with zero attached hydrogens (tertiary/aromatic N) is 1. The highest BCUT2D eigenvalue weighted by Crippen LogP contribution is 2.15. The van der Waals surface area contributed by atoms with E-state index in [0.717, 1.165) is 5.56 Å². The first-order valence-electron chi connectivity index (χ1n) is 5.96. The molecule has 2 rings (SSSR count). The molecule has 0 bridgehead atoms. The molecule has 2 aromatic carbocycles. The molecule has 0 unspecified atom stereocenters. The summed E-state index contributed by atoms with van der Waals surface area (Å²) in [7, 11) is 0. The first-order valence-corrected chi connectivity index (χ1v) is 6.34. The molecule has 2 N–H and O–H groups in total. The Morgan fingerprint density at radius 3 is 2.45 bits per heavy atom. The van der Waals surface area contributed by atoms with Crippen molar-refractivity contribution in [2.24, 2.45) is 5.10 Å². The maximum Gasteiger partial charge on any atom is 0.271 e. The normalized spacial score (nSPS) is 11.2. The monoisotopic (exact) mass is 288 g/mol. The molecule has 5 heteroatoms. The largest absolute Gasteiger partial charge is 0.508 e. The molecule has 20 heavy (non-hydrogen) atoms. The molecule has 0 fully saturated rings. The summed E-state index contributed by atoms with van der Waals surface area (Å²) in [4.78, 5) is 11.8. The summed E-state index contributed by atoms with van der Waals surface area (Å²) in [5, 5.41) is 13.8. The maximum absolute atomic E-state index is 11.8. The van der Waals surface area contributed by atoms with Crippen LogP contribution in [0.1, 0.15) is 22.8 Å². The average Bonchev–Trinajstić information content (AvgIpc) is 2.45. The molecule has 0 aliphatic carbocycles. The molecule has 102 valence electrons. The summed E-state index contributed by atoms with van der Waals surface area (Å²) >= 11 is 6.05. The predicted molar refractivity (Wildman–Crippen MR) is 79.2 cm³/mol. The van der Waals surface area contributed by atoms with E-state index in [0.29, 0.717) is 16.3 Å². The topological polar surface area (TPSA) is 61.7 Å². The second kappa shape index (κ2) is 6.21. The van der Waals surface area contributed by atoms with Gasteiger partial charge in [-0.15, -0.1) is 0 Å². The SMILES string of the molecule is CC(=NNC(=O)c1ccc(O)cc1)c1ccccc1Cl. The van der Waals surface area contributed by atoms with Crippen molar-refractivity contribution in [3.63, 3.8) is 0 Å². The third-order valence-corrected chi connectivity index (χ3v) is 3.05. The van der Waals surface area contributed by atoms with Gasteiger partial charge in [0.2, 0.25) is 0 Å². The lowest BCUT2D eigenvalue weighted by Gasteiger charge is -2.04. The molecule has 0 heterocycles. The highest BCUT2D eigenvalue weighted by Gasteiger charge is 2.06. The summed E-state index contributed by atoms with van der Waals surface area (Å²) in [5.41, 5.74) is 4.25. The van der Waals surface area contributed by atoms with E-state index in [1.54, 1.807) is 13.0 Å². The first-order chi connectivity index (χ1) is 9.58. The zero-order chi connectivity index (χ0) is 14.5. The lowest BCUT2D eigenvalue weighted by Crippen LogP contribution is -2.19. The van der Waals surface area contributed by atoms with Crippen LogP contribution in [0.5, 0.6) is 5.75 Å². The van der Waals surface area contributed by atoms with Crippen LogP contribution >= 0.6 is 11.6 Å². The molecule has 0 radical (unpaired) electrons. The Bertz CT molecular complexity index is 651. The van der Waals surface area contributed by atoms with Crippen molar-refractivity contribution in [3.05, 3.63) is 64.7 Å². The van der Waals surface area contributed by atoms with Gasteiger partial charge < -0.3 is 5.11 Å². The van der Waals surface area contributed by atoms with Gasteiger partial charge in [0, 0.05) is 16.1 Å². The summed E-state index contributed by atoms with van der Waals surface area (Å²) in [6.07, 6.45) is 0. The number of hydrazone groups is 1. The van der Waals surface area contributed by atoms with Crippen LogP contribution < -0.4 is 5.43 Å². The van der Waals surface area contributed by atoms with Crippen LogP contribution in [0, 0.1) is 0 Å². The number of hydrogen-bond donors (Lipinski definition) is 2. The van der Waals surface area contributed by atoms with Crippen molar-refractivity contribution < 1.29 is 9.90 Å². The number of amides is 1. The molecule has 0 aliphatic heterocycles. The fourth-order valence-corrected chi connectivity index (χ4v) is 1.90. The molecule has 0 spiro atoms. The minimum absolute atomic E-state index is 0.109. The van der Waals surface area contributed by atoms with E-state index in [9.17, 15) is 4.79 Å². The van der Waals surface area contributed by atoms with Crippen molar-refractivity contribution in [1.29, 1.82) is 0 Å². The Balaban J connectivity index is 2.11. The maximum atomic E-state index is 11.8. The van der Waals surface area contributed by atoms with Crippen molar-refractivity contribution in [2.75, 3.05) is 0 Å². The van der Waals surface area contributed by atoms with E-state index in [2.05, 4.69) is 10.5 Å².